The summed E-state index contributed by atoms with van der Waals surface area (Å²) in [5.74, 6) is 0. The summed E-state index contributed by atoms with van der Waals surface area (Å²) in [6.45, 7) is 3.90. The molecule has 14 heavy (non-hydrogen) atoms. The lowest BCUT2D eigenvalue weighted by molar-refractivity contribution is 0.684. The summed E-state index contributed by atoms with van der Waals surface area (Å²) in [7, 11) is 0. The van der Waals surface area contributed by atoms with Gasteiger partial charge in [-0.1, -0.05) is 0 Å². The third-order valence-electron chi connectivity index (χ3n) is 2.10. The maximum atomic E-state index is 11.8. The summed E-state index contributed by atoms with van der Waals surface area (Å²) in [4.78, 5) is 26.3. The number of fused-ring (bicyclic) bond motifs is 1. The van der Waals surface area contributed by atoms with Crippen molar-refractivity contribution in [1.29, 1.82) is 0 Å². The van der Waals surface area contributed by atoms with Crippen LogP contribution in [0.4, 0.5) is 0 Å². The number of aromatic nitrogens is 3. The lowest BCUT2D eigenvalue weighted by Crippen LogP contribution is -2.34. The molecular formula is C8H9N3O2S. The lowest BCUT2D eigenvalue weighted by Gasteiger charge is -1.98. The third kappa shape index (κ3) is 1.11. The molecule has 0 atom stereocenters. The molecule has 2 heterocycles. The lowest BCUT2D eigenvalue weighted by atomic mass is 10.3. The fourth-order valence-corrected chi connectivity index (χ4v) is 2.16. The molecule has 0 saturated heterocycles. The van der Waals surface area contributed by atoms with Crippen LogP contribution in [0.15, 0.2) is 9.59 Å². The van der Waals surface area contributed by atoms with Gasteiger partial charge in [0.2, 0.25) is 0 Å². The molecule has 2 aromatic rings. The Bertz CT molecular complexity index is 593. The van der Waals surface area contributed by atoms with E-state index in [1.807, 2.05) is 0 Å². The number of nitrogens with zero attached hydrogens (tertiary/aromatic N) is 2. The Balaban J connectivity index is 3.05. The van der Waals surface area contributed by atoms with Crippen molar-refractivity contribution in [3.63, 3.8) is 0 Å². The Kier molecular flexibility index (Phi) is 1.99. The van der Waals surface area contributed by atoms with Gasteiger partial charge in [-0.2, -0.15) is 4.37 Å². The number of H-pyrrole nitrogens is 1. The maximum Gasteiger partial charge on any atom is 0.329 e. The van der Waals surface area contributed by atoms with Gasteiger partial charge in [-0.15, -0.1) is 0 Å². The van der Waals surface area contributed by atoms with Crippen molar-refractivity contribution in [1.82, 2.24) is 13.9 Å². The zero-order valence-corrected chi connectivity index (χ0v) is 8.64. The highest BCUT2D eigenvalue weighted by molar-refractivity contribution is 7.12. The highest BCUT2D eigenvalue weighted by atomic mass is 32.1. The average Bonchev–Trinajstić information content (AvgIpc) is 2.48. The van der Waals surface area contributed by atoms with Gasteiger partial charge >= 0.3 is 5.69 Å². The molecule has 0 aromatic carbocycles. The summed E-state index contributed by atoms with van der Waals surface area (Å²) < 4.78 is 5.20. The molecule has 1 N–H and O–H groups in total. The predicted molar refractivity (Wildman–Crippen MR) is 54.9 cm³/mol. The van der Waals surface area contributed by atoms with E-state index in [4.69, 9.17) is 0 Å². The molecule has 0 fully saturated rings. The predicted octanol–water partition coefficient (Wildman–Crippen LogP) is 0.475. The molecular weight excluding hydrogens is 202 g/mol. The summed E-state index contributed by atoms with van der Waals surface area (Å²) in [5.41, 5.74) is 0.0552. The van der Waals surface area contributed by atoms with E-state index < -0.39 is 0 Å². The van der Waals surface area contributed by atoms with Crippen LogP contribution >= 0.6 is 11.5 Å². The van der Waals surface area contributed by atoms with Crippen LogP contribution in [0.1, 0.15) is 12.6 Å². The zero-order valence-electron chi connectivity index (χ0n) is 7.83. The SMILES string of the molecule is CCn1c(=O)[nH]c2snc(C)c2c1=O. The Morgan fingerprint density at radius 2 is 2.21 bits per heavy atom. The van der Waals surface area contributed by atoms with Crippen LogP contribution in [-0.4, -0.2) is 13.9 Å². The van der Waals surface area contributed by atoms with E-state index in [1.165, 1.54) is 4.57 Å². The van der Waals surface area contributed by atoms with E-state index in [0.29, 0.717) is 22.5 Å². The molecule has 0 spiro atoms. The zero-order chi connectivity index (χ0) is 10.3. The van der Waals surface area contributed by atoms with Crippen LogP contribution in [0.3, 0.4) is 0 Å². The molecule has 2 rings (SSSR count). The van der Waals surface area contributed by atoms with Crippen molar-refractivity contribution in [3.8, 4) is 0 Å². The third-order valence-corrected chi connectivity index (χ3v) is 2.96. The number of nitrogens with one attached hydrogen (secondary N) is 1. The standard InChI is InChI=1S/C8H9N3O2S/c1-3-11-7(12)5-4(2)10-14-6(5)9-8(11)13/h3H2,1-2H3,(H,9,13). The fourth-order valence-electron chi connectivity index (χ4n) is 1.39. The van der Waals surface area contributed by atoms with Crippen LogP contribution < -0.4 is 11.2 Å². The van der Waals surface area contributed by atoms with Crippen LogP contribution in [0.25, 0.3) is 10.2 Å². The van der Waals surface area contributed by atoms with E-state index >= 15 is 0 Å². The van der Waals surface area contributed by atoms with E-state index in [9.17, 15) is 9.59 Å². The highest BCUT2D eigenvalue weighted by Gasteiger charge is 2.10. The first-order chi connectivity index (χ1) is 6.65. The van der Waals surface area contributed by atoms with E-state index in [-0.39, 0.29) is 11.2 Å². The molecule has 0 amide bonds. The second kappa shape index (κ2) is 3.06. The second-order valence-corrected chi connectivity index (χ2v) is 3.73. The number of hydrogen-bond donors (Lipinski definition) is 1. The maximum absolute atomic E-state index is 11.8. The van der Waals surface area contributed by atoms with Crippen molar-refractivity contribution in [2.24, 2.45) is 0 Å². The van der Waals surface area contributed by atoms with Crippen LogP contribution in [0, 0.1) is 6.92 Å². The molecule has 0 aliphatic rings. The van der Waals surface area contributed by atoms with Crippen molar-refractivity contribution < 1.29 is 0 Å². The van der Waals surface area contributed by atoms with Gasteiger partial charge in [0.15, 0.2) is 0 Å². The molecule has 0 aliphatic carbocycles. The Morgan fingerprint density at radius 3 is 2.86 bits per heavy atom. The van der Waals surface area contributed by atoms with Crippen molar-refractivity contribution >= 4 is 21.7 Å². The smallest absolute Gasteiger partial charge is 0.297 e. The minimum absolute atomic E-state index is 0.252. The molecule has 0 saturated carbocycles. The van der Waals surface area contributed by atoms with Crippen molar-refractivity contribution in [2.45, 2.75) is 20.4 Å². The van der Waals surface area contributed by atoms with Gasteiger partial charge < -0.3 is 0 Å². The molecule has 0 bridgehead atoms. The highest BCUT2D eigenvalue weighted by Crippen LogP contribution is 2.13. The van der Waals surface area contributed by atoms with Gasteiger partial charge in [-0.3, -0.25) is 14.3 Å². The topological polar surface area (TPSA) is 67.8 Å². The van der Waals surface area contributed by atoms with E-state index in [0.717, 1.165) is 11.5 Å². The first-order valence-corrected chi connectivity index (χ1v) is 5.01. The monoisotopic (exact) mass is 211 g/mol. The van der Waals surface area contributed by atoms with Crippen LogP contribution in [0.5, 0.6) is 0 Å². The Labute approximate surface area is 83.2 Å². The number of aryl methyl sites for hydroxylation is 1. The van der Waals surface area contributed by atoms with E-state index in [1.54, 1.807) is 13.8 Å². The van der Waals surface area contributed by atoms with Gasteiger partial charge in [0, 0.05) is 6.54 Å². The van der Waals surface area contributed by atoms with Gasteiger partial charge in [0.05, 0.1) is 11.1 Å². The minimum Gasteiger partial charge on any atom is -0.297 e. The quantitative estimate of drug-likeness (QED) is 0.745. The van der Waals surface area contributed by atoms with E-state index in [2.05, 4.69) is 9.36 Å². The first-order valence-electron chi connectivity index (χ1n) is 4.24. The summed E-state index contributed by atoms with van der Waals surface area (Å²) in [6, 6.07) is 0. The summed E-state index contributed by atoms with van der Waals surface area (Å²) in [5, 5.41) is 0.524. The molecule has 6 heteroatoms. The number of hydrogen-bond acceptors (Lipinski definition) is 4. The number of rotatable bonds is 1. The summed E-state index contributed by atoms with van der Waals surface area (Å²) in [6.07, 6.45) is 0. The van der Waals surface area contributed by atoms with Gasteiger partial charge in [0.1, 0.15) is 4.83 Å². The fraction of sp³-hybridized carbons (Fsp3) is 0.375. The largest absolute Gasteiger partial charge is 0.329 e. The molecule has 0 radical (unpaired) electrons. The van der Waals surface area contributed by atoms with Gasteiger partial charge in [0.25, 0.3) is 5.56 Å². The number of aromatic amines is 1. The molecule has 0 aliphatic heterocycles. The Hall–Kier alpha value is -1.43. The van der Waals surface area contributed by atoms with Crippen LogP contribution in [0.2, 0.25) is 0 Å². The van der Waals surface area contributed by atoms with Gasteiger partial charge in [-0.25, -0.2) is 4.79 Å². The van der Waals surface area contributed by atoms with Crippen molar-refractivity contribution in [2.75, 3.05) is 0 Å². The first kappa shape index (κ1) is 9.14. The average molecular weight is 211 g/mol. The Morgan fingerprint density at radius 1 is 1.50 bits per heavy atom. The second-order valence-electron chi connectivity index (χ2n) is 2.95. The molecule has 5 nitrogen and oxygen atoms in total. The molecule has 2 aromatic heterocycles. The van der Waals surface area contributed by atoms with Crippen molar-refractivity contribution in [3.05, 3.63) is 26.5 Å². The molecule has 74 valence electrons. The summed E-state index contributed by atoms with van der Waals surface area (Å²) >= 11 is 1.14. The minimum atomic E-state index is -0.367. The normalized spacial score (nSPS) is 11.0. The molecule has 0 unspecified atom stereocenters. The van der Waals surface area contributed by atoms with Gasteiger partial charge in [-0.05, 0) is 25.4 Å². The van der Waals surface area contributed by atoms with Crippen LogP contribution in [-0.2, 0) is 6.54 Å².